The Morgan fingerprint density at radius 3 is 2.55 bits per heavy atom. The fraction of sp³-hybridized carbons (Fsp3) is 0.438. The molecule has 3 rings (SSSR count). The van der Waals surface area contributed by atoms with Gasteiger partial charge in [-0.15, -0.1) is 11.3 Å². The fourth-order valence-electron chi connectivity index (χ4n) is 2.75. The Bertz CT molecular complexity index is 544. The van der Waals surface area contributed by atoms with Gasteiger partial charge >= 0.3 is 0 Å². The molecule has 2 heterocycles. The van der Waals surface area contributed by atoms with Crippen LogP contribution in [0.25, 0.3) is 10.4 Å². The van der Waals surface area contributed by atoms with Gasteiger partial charge in [0.15, 0.2) is 0 Å². The molecule has 4 heteroatoms. The highest BCUT2D eigenvalue weighted by molar-refractivity contribution is 7.13. The summed E-state index contributed by atoms with van der Waals surface area (Å²) in [5.41, 5.74) is 5.09. The van der Waals surface area contributed by atoms with E-state index >= 15 is 0 Å². The number of benzene rings is 1. The first kappa shape index (κ1) is 13.7. The molecule has 106 valence electrons. The molecule has 1 saturated heterocycles. The molecule has 0 spiro atoms. The van der Waals surface area contributed by atoms with E-state index in [9.17, 15) is 5.11 Å². The number of piperidine rings is 1. The minimum atomic E-state index is 0.00830. The normalized spacial score (nSPS) is 16.4. The zero-order valence-corrected chi connectivity index (χ0v) is 12.4. The van der Waals surface area contributed by atoms with Crippen molar-refractivity contribution in [2.75, 3.05) is 13.1 Å². The van der Waals surface area contributed by atoms with Crippen molar-refractivity contribution in [1.82, 2.24) is 9.88 Å². The van der Waals surface area contributed by atoms with E-state index in [0.29, 0.717) is 0 Å². The molecule has 0 atom stereocenters. The zero-order valence-electron chi connectivity index (χ0n) is 11.6. The average molecular weight is 288 g/mol. The Hall–Kier alpha value is -1.23. The van der Waals surface area contributed by atoms with Gasteiger partial charge in [0.05, 0.1) is 22.7 Å². The summed E-state index contributed by atoms with van der Waals surface area (Å²) < 4.78 is 0. The summed E-state index contributed by atoms with van der Waals surface area (Å²) in [5.74, 6) is 0. The Morgan fingerprint density at radius 2 is 1.85 bits per heavy atom. The molecular weight excluding hydrogens is 268 g/mol. The lowest BCUT2D eigenvalue weighted by Gasteiger charge is -2.26. The molecule has 1 aromatic carbocycles. The molecule has 1 aliphatic heterocycles. The van der Waals surface area contributed by atoms with E-state index in [1.807, 2.05) is 0 Å². The van der Waals surface area contributed by atoms with Gasteiger partial charge in [-0.2, -0.15) is 0 Å². The second-order valence-corrected chi connectivity index (χ2v) is 6.17. The number of rotatable bonds is 4. The van der Waals surface area contributed by atoms with Crippen LogP contribution < -0.4 is 0 Å². The number of aliphatic hydroxyl groups excluding tert-OH is 1. The number of hydrogen-bond acceptors (Lipinski definition) is 4. The van der Waals surface area contributed by atoms with Crippen LogP contribution in [0.5, 0.6) is 0 Å². The molecule has 0 radical (unpaired) electrons. The van der Waals surface area contributed by atoms with Crippen molar-refractivity contribution < 1.29 is 5.11 Å². The quantitative estimate of drug-likeness (QED) is 0.938. The monoisotopic (exact) mass is 288 g/mol. The summed E-state index contributed by atoms with van der Waals surface area (Å²) >= 11 is 1.59. The molecule has 1 N–H and O–H groups in total. The largest absolute Gasteiger partial charge is 0.390 e. The van der Waals surface area contributed by atoms with Gasteiger partial charge in [0, 0.05) is 6.54 Å². The summed E-state index contributed by atoms with van der Waals surface area (Å²) in [7, 11) is 0. The molecule has 0 aliphatic carbocycles. The van der Waals surface area contributed by atoms with Gasteiger partial charge in [-0.25, -0.2) is 4.98 Å². The van der Waals surface area contributed by atoms with Gasteiger partial charge in [-0.3, -0.25) is 4.90 Å². The van der Waals surface area contributed by atoms with E-state index < -0.39 is 0 Å². The minimum absolute atomic E-state index is 0.00830. The van der Waals surface area contributed by atoms with Crippen LogP contribution >= 0.6 is 11.3 Å². The molecule has 0 unspecified atom stereocenters. The summed E-state index contributed by atoms with van der Waals surface area (Å²) in [6.07, 6.45) is 4.04. The number of aliphatic hydroxyl groups is 1. The van der Waals surface area contributed by atoms with E-state index in [4.69, 9.17) is 0 Å². The minimum Gasteiger partial charge on any atom is -0.390 e. The van der Waals surface area contributed by atoms with Gasteiger partial charge in [-0.05, 0) is 37.1 Å². The summed E-state index contributed by atoms with van der Waals surface area (Å²) in [6.45, 7) is 3.51. The van der Waals surface area contributed by atoms with Gasteiger partial charge in [-0.1, -0.05) is 30.7 Å². The van der Waals surface area contributed by atoms with E-state index in [1.165, 1.54) is 37.9 Å². The molecular formula is C16H20N2OS. The van der Waals surface area contributed by atoms with Gasteiger partial charge in [0.1, 0.15) is 0 Å². The van der Waals surface area contributed by atoms with Crippen molar-refractivity contribution >= 4 is 11.3 Å². The Balaban J connectivity index is 1.71. The summed E-state index contributed by atoms with van der Waals surface area (Å²) in [6, 6.07) is 8.69. The number of likely N-dealkylation sites (tertiary alicyclic amines) is 1. The maximum atomic E-state index is 9.28. The highest BCUT2D eigenvalue weighted by atomic mass is 32.1. The van der Waals surface area contributed by atoms with Gasteiger partial charge in [0.2, 0.25) is 0 Å². The molecule has 0 bridgehead atoms. The van der Waals surface area contributed by atoms with Crippen LogP contribution in [0.3, 0.4) is 0 Å². The number of hydrogen-bond donors (Lipinski definition) is 1. The molecule has 0 saturated carbocycles. The standard InChI is InChI=1S/C16H20N2OS/c19-11-15-16(20-12-17-15)14-6-4-13(5-7-14)10-18-8-2-1-3-9-18/h4-7,12,19H,1-3,8-11H2. The third kappa shape index (κ3) is 3.08. The predicted octanol–water partition coefficient (Wildman–Crippen LogP) is 3.29. The van der Waals surface area contributed by atoms with Gasteiger partial charge < -0.3 is 5.11 Å². The second-order valence-electron chi connectivity index (χ2n) is 5.32. The van der Waals surface area contributed by atoms with Crippen LogP contribution in [0.4, 0.5) is 0 Å². The van der Waals surface area contributed by atoms with E-state index in [1.54, 1.807) is 16.8 Å². The van der Waals surface area contributed by atoms with E-state index in [-0.39, 0.29) is 6.61 Å². The van der Waals surface area contributed by atoms with Crippen LogP contribution in [0.1, 0.15) is 30.5 Å². The van der Waals surface area contributed by atoms with Crippen LogP contribution in [-0.4, -0.2) is 28.1 Å². The molecule has 1 fully saturated rings. The van der Waals surface area contributed by atoms with Crippen molar-refractivity contribution in [1.29, 1.82) is 0 Å². The Labute approximate surface area is 123 Å². The smallest absolute Gasteiger partial charge is 0.0867 e. The van der Waals surface area contributed by atoms with Crippen LogP contribution in [0.15, 0.2) is 29.8 Å². The van der Waals surface area contributed by atoms with Crippen molar-refractivity contribution in [3.63, 3.8) is 0 Å². The van der Waals surface area contributed by atoms with E-state index in [0.717, 1.165) is 22.7 Å². The first-order chi connectivity index (χ1) is 9.86. The first-order valence-electron chi connectivity index (χ1n) is 7.22. The Morgan fingerprint density at radius 1 is 1.10 bits per heavy atom. The fourth-order valence-corrected chi connectivity index (χ4v) is 3.56. The van der Waals surface area contributed by atoms with Crippen molar-refractivity contribution in [2.24, 2.45) is 0 Å². The lowest BCUT2D eigenvalue weighted by atomic mass is 10.1. The zero-order chi connectivity index (χ0) is 13.8. The second kappa shape index (κ2) is 6.48. The summed E-state index contributed by atoms with van der Waals surface area (Å²) in [4.78, 5) is 7.80. The first-order valence-corrected chi connectivity index (χ1v) is 8.09. The Kier molecular flexibility index (Phi) is 4.45. The summed E-state index contributed by atoms with van der Waals surface area (Å²) in [5, 5.41) is 9.28. The molecule has 3 nitrogen and oxygen atoms in total. The van der Waals surface area contributed by atoms with E-state index in [2.05, 4.69) is 34.1 Å². The lowest BCUT2D eigenvalue weighted by molar-refractivity contribution is 0.221. The average Bonchev–Trinajstić information content (AvgIpc) is 2.98. The highest BCUT2D eigenvalue weighted by Gasteiger charge is 2.11. The third-order valence-corrected chi connectivity index (χ3v) is 4.78. The van der Waals surface area contributed by atoms with Gasteiger partial charge in [0.25, 0.3) is 0 Å². The lowest BCUT2D eigenvalue weighted by Crippen LogP contribution is -2.28. The molecule has 0 amide bonds. The molecule has 20 heavy (non-hydrogen) atoms. The highest BCUT2D eigenvalue weighted by Crippen LogP contribution is 2.28. The van der Waals surface area contributed by atoms with Crippen LogP contribution in [-0.2, 0) is 13.2 Å². The SMILES string of the molecule is OCc1ncsc1-c1ccc(CN2CCCCC2)cc1. The topological polar surface area (TPSA) is 36.4 Å². The number of thiazole rings is 1. The van der Waals surface area contributed by atoms with Crippen molar-refractivity contribution in [2.45, 2.75) is 32.4 Å². The van der Waals surface area contributed by atoms with Crippen LogP contribution in [0, 0.1) is 0 Å². The number of nitrogens with zero attached hydrogens (tertiary/aromatic N) is 2. The third-order valence-electron chi connectivity index (χ3n) is 3.86. The van der Waals surface area contributed by atoms with Crippen molar-refractivity contribution in [3.05, 3.63) is 41.0 Å². The molecule has 1 aromatic heterocycles. The maximum absolute atomic E-state index is 9.28. The van der Waals surface area contributed by atoms with Crippen molar-refractivity contribution in [3.8, 4) is 10.4 Å². The maximum Gasteiger partial charge on any atom is 0.0867 e. The molecule has 2 aromatic rings. The predicted molar refractivity (Wildman–Crippen MR) is 82.6 cm³/mol. The number of aromatic nitrogens is 1. The molecule has 1 aliphatic rings. The van der Waals surface area contributed by atoms with Crippen LogP contribution in [0.2, 0.25) is 0 Å².